The van der Waals surface area contributed by atoms with E-state index < -0.39 is 18.3 Å². The molecule has 3 aliphatic rings. The van der Waals surface area contributed by atoms with E-state index in [1.54, 1.807) is 0 Å². The topological polar surface area (TPSA) is 87.2 Å². The highest BCUT2D eigenvalue weighted by atomic mass is 16.6. The lowest BCUT2D eigenvalue weighted by Crippen LogP contribution is -2.42. The third-order valence-corrected chi connectivity index (χ3v) is 6.15. The molecule has 0 aromatic heterocycles. The second-order valence-corrected chi connectivity index (χ2v) is 7.55. The average molecular weight is 358 g/mol. The minimum atomic E-state index is -0.911. The minimum Gasteiger partial charge on any atom is -0.465 e. The van der Waals surface area contributed by atoms with Gasteiger partial charge in [0, 0.05) is 19.0 Å². The number of ether oxygens (including phenoxy) is 1. The summed E-state index contributed by atoms with van der Waals surface area (Å²) in [6.07, 6.45) is 0.138. The fourth-order valence-electron chi connectivity index (χ4n) is 4.41. The van der Waals surface area contributed by atoms with Crippen LogP contribution < -0.4 is 0 Å². The summed E-state index contributed by atoms with van der Waals surface area (Å²) in [4.78, 5) is 39.1. The third kappa shape index (κ3) is 2.62. The van der Waals surface area contributed by atoms with Crippen LogP contribution in [0.25, 0.3) is 0 Å². The van der Waals surface area contributed by atoms with Gasteiger partial charge in [-0.05, 0) is 37.2 Å². The van der Waals surface area contributed by atoms with Gasteiger partial charge in [0.1, 0.15) is 6.10 Å². The van der Waals surface area contributed by atoms with Crippen molar-refractivity contribution in [3.05, 3.63) is 35.9 Å². The van der Waals surface area contributed by atoms with E-state index in [-0.39, 0.29) is 23.3 Å². The molecule has 0 bridgehead atoms. The van der Waals surface area contributed by atoms with Gasteiger partial charge in [0.05, 0.1) is 6.04 Å². The standard InChI is InChI=1S/C19H22N2O5/c1-12-15(13-5-3-2-4-6-13)26-18(25)21(12)16(22)14-11-19(14)7-9-20(10-8-19)17(23)24/h2-6,12,14-15H,7-11H2,1H3,(H,23,24)/t12-,14?,15-/m0/s1. The van der Waals surface area contributed by atoms with Gasteiger partial charge in [-0.3, -0.25) is 4.79 Å². The summed E-state index contributed by atoms with van der Waals surface area (Å²) in [6, 6.07) is 9.09. The Balaban J connectivity index is 1.45. The Morgan fingerprint density at radius 1 is 1.19 bits per heavy atom. The summed E-state index contributed by atoms with van der Waals surface area (Å²) < 4.78 is 5.48. The molecule has 3 fully saturated rings. The molecule has 138 valence electrons. The van der Waals surface area contributed by atoms with E-state index in [1.807, 2.05) is 37.3 Å². The predicted octanol–water partition coefficient (Wildman–Crippen LogP) is 2.88. The molecule has 1 spiro atoms. The van der Waals surface area contributed by atoms with Crippen LogP contribution in [0.3, 0.4) is 0 Å². The fraction of sp³-hybridized carbons (Fsp3) is 0.526. The van der Waals surface area contributed by atoms with Gasteiger partial charge in [0.25, 0.3) is 0 Å². The van der Waals surface area contributed by atoms with Crippen molar-refractivity contribution in [2.45, 2.75) is 38.3 Å². The number of cyclic esters (lactones) is 1. The number of carboxylic acid groups (broad SMARTS) is 1. The van der Waals surface area contributed by atoms with Gasteiger partial charge in [-0.25, -0.2) is 14.5 Å². The van der Waals surface area contributed by atoms with E-state index in [2.05, 4.69) is 0 Å². The Bertz CT molecular complexity index is 742. The van der Waals surface area contributed by atoms with Crippen LogP contribution in [0.15, 0.2) is 30.3 Å². The maximum atomic E-state index is 13.0. The highest BCUT2D eigenvalue weighted by molar-refractivity contribution is 5.97. The predicted molar refractivity (Wildman–Crippen MR) is 91.3 cm³/mol. The maximum absolute atomic E-state index is 13.0. The van der Waals surface area contributed by atoms with Crippen molar-refractivity contribution in [2.24, 2.45) is 11.3 Å². The Labute approximate surface area is 151 Å². The molecule has 1 aromatic rings. The molecule has 1 unspecified atom stereocenters. The first-order chi connectivity index (χ1) is 12.4. The van der Waals surface area contributed by atoms with E-state index in [0.717, 1.165) is 12.0 Å². The number of nitrogens with zero attached hydrogens (tertiary/aromatic N) is 2. The highest BCUT2D eigenvalue weighted by Gasteiger charge is 2.62. The first-order valence-electron chi connectivity index (χ1n) is 8.99. The van der Waals surface area contributed by atoms with Crippen LogP contribution in [0.1, 0.15) is 37.9 Å². The molecule has 2 saturated heterocycles. The number of benzene rings is 1. The fourth-order valence-corrected chi connectivity index (χ4v) is 4.41. The van der Waals surface area contributed by atoms with Crippen molar-refractivity contribution in [1.82, 2.24) is 9.80 Å². The third-order valence-electron chi connectivity index (χ3n) is 6.15. The van der Waals surface area contributed by atoms with Crippen LogP contribution >= 0.6 is 0 Å². The molecule has 1 aliphatic carbocycles. The molecule has 1 saturated carbocycles. The molecule has 3 atom stereocenters. The molecule has 7 nitrogen and oxygen atoms in total. The van der Waals surface area contributed by atoms with Crippen LogP contribution in [0.5, 0.6) is 0 Å². The molecule has 0 radical (unpaired) electrons. The van der Waals surface area contributed by atoms with Gasteiger partial charge in [-0.1, -0.05) is 30.3 Å². The molecular formula is C19H22N2O5. The van der Waals surface area contributed by atoms with Crippen molar-refractivity contribution in [2.75, 3.05) is 13.1 Å². The Morgan fingerprint density at radius 2 is 1.85 bits per heavy atom. The van der Waals surface area contributed by atoms with Crippen molar-refractivity contribution in [3.63, 3.8) is 0 Å². The zero-order valence-electron chi connectivity index (χ0n) is 14.6. The summed E-state index contributed by atoms with van der Waals surface area (Å²) in [5.41, 5.74) is 0.734. The van der Waals surface area contributed by atoms with Crippen molar-refractivity contribution >= 4 is 18.1 Å². The van der Waals surface area contributed by atoms with Gasteiger partial charge in [0.2, 0.25) is 5.91 Å². The van der Waals surface area contributed by atoms with Crippen molar-refractivity contribution < 1.29 is 24.2 Å². The molecule has 26 heavy (non-hydrogen) atoms. The molecule has 3 amide bonds. The number of carbonyl (C=O) groups excluding carboxylic acids is 2. The van der Waals surface area contributed by atoms with Gasteiger partial charge in [-0.2, -0.15) is 0 Å². The zero-order valence-corrected chi connectivity index (χ0v) is 14.6. The van der Waals surface area contributed by atoms with E-state index in [9.17, 15) is 14.4 Å². The second-order valence-electron chi connectivity index (χ2n) is 7.55. The van der Waals surface area contributed by atoms with Gasteiger partial charge in [-0.15, -0.1) is 0 Å². The first kappa shape index (κ1) is 16.9. The zero-order chi connectivity index (χ0) is 18.5. The molecular weight excluding hydrogens is 336 g/mol. The van der Waals surface area contributed by atoms with Gasteiger partial charge >= 0.3 is 12.2 Å². The summed E-state index contributed by atoms with van der Waals surface area (Å²) in [6.45, 7) is 2.74. The van der Waals surface area contributed by atoms with E-state index in [0.29, 0.717) is 25.9 Å². The molecule has 1 aromatic carbocycles. The average Bonchev–Trinajstić information content (AvgIpc) is 3.24. The largest absolute Gasteiger partial charge is 0.465 e. The van der Waals surface area contributed by atoms with E-state index in [1.165, 1.54) is 9.80 Å². The lowest BCUT2D eigenvalue weighted by atomic mass is 9.90. The number of piperidine rings is 1. The number of amides is 3. The van der Waals surface area contributed by atoms with Crippen LogP contribution in [-0.2, 0) is 9.53 Å². The van der Waals surface area contributed by atoms with E-state index in [4.69, 9.17) is 9.84 Å². The molecule has 2 heterocycles. The van der Waals surface area contributed by atoms with Gasteiger partial charge in [0.15, 0.2) is 0 Å². The number of hydrogen-bond acceptors (Lipinski definition) is 4. The van der Waals surface area contributed by atoms with Crippen LogP contribution in [-0.4, -0.2) is 52.1 Å². The first-order valence-corrected chi connectivity index (χ1v) is 8.99. The monoisotopic (exact) mass is 358 g/mol. The molecule has 4 rings (SSSR count). The quantitative estimate of drug-likeness (QED) is 0.878. The summed E-state index contributed by atoms with van der Waals surface area (Å²) in [7, 11) is 0. The van der Waals surface area contributed by atoms with Gasteiger partial charge < -0.3 is 14.7 Å². The molecule has 7 heteroatoms. The number of imide groups is 1. The molecule has 2 aliphatic heterocycles. The van der Waals surface area contributed by atoms with Crippen LogP contribution in [0.4, 0.5) is 9.59 Å². The van der Waals surface area contributed by atoms with Crippen molar-refractivity contribution in [3.8, 4) is 0 Å². The van der Waals surface area contributed by atoms with Crippen molar-refractivity contribution in [1.29, 1.82) is 0 Å². The highest BCUT2D eigenvalue weighted by Crippen LogP contribution is 2.60. The smallest absolute Gasteiger partial charge is 0.417 e. The summed E-state index contributed by atoms with van der Waals surface area (Å²) >= 11 is 0. The number of carbonyl (C=O) groups is 3. The number of hydrogen-bond donors (Lipinski definition) is 1. The molecule has 1 N–H and O–H groups in total. The Morgan fingerprint density at radius 3 is 2.46 bits per heavy atom. The minimum absolute atomic E-state index is 0.145. The second kappa shape index (κ2) is 6.00. The van der Waals surface area contributed by atoms with Crippen LogP contribution in [0.2, 0.25) is 0 Å². The summed E-state index contributed by atoms with van der Waals surface area (Å²) in [5, 5.41) is 9.07. The Hall–Kier alpha value is -2.57. The lowest BCUT2D eigenvalue weighted by Gasteiger charge is -2.31. The Kier molecular flexibility index (Phi) is 3.89. The normalized spacial score (nSPS) is 29.6. The van der Waals surface area contributed by atoms with Crippen LogP contribution in [0, 0.1) is 11.3 Å². The number of rotatable bonds is 2. The maximum Gasteiger partial charge on any atom is 0.417 e. The van der Waals surface area contributed by atoms with E-state index >= 15 is 0 Å². The SMILES string of the molecule is C[C@H]1[C@@H](c2ccccc2)OC(=O)N1C(=O)C1CC12CCN(C(=O)O)CC2. The lowest BCUT2D eigenvalue weighted by molar-refractivity contribution is -0.131. The number of likely N-dealkylation sites (tertiary alicyclic amines) is 1. The summed E-state index contributed by atoms with van der Waals surface area (Å²) in [5.74, 6) is -0.382.